The number of rotatable bonds is 8. The van der Waals surface area contributed by atoms with Crippen molar-refractivity contribution in [3.05, 3.63) is 53.6 Å². The van der Waals surface area contributed by atoms with Crippen molar-refractivity contribution in [2.45, 2.75) is 11.6 Å². The summed E-state index contributed by atoms with van der Waals surface area (Å²) in [7, 11) is -1.87. The van der Waals surface area contributed by atoms with E-state index < -0.39 is 10.0 Å². The van der Waals surface area contributed by atoms with Crippen LogP contribution in [-0.4, -0.2) is 41.8 Å². The van der Waals surface area contributed by atoms with E-state index in [1.54, 1.807) is 19.2 Å². The number of halogens is 1. The van der Waals surface area contributed by atoms with Gasteiger partial charge in [0.2, 0.25) is 10.0 Å². The van der Waals surface area contributed by atoms with Crippen LogP contribution >= 0.6 is 23.4 Å². The fourth-order valence-corrected chi connectivity index (χ4v) is 4.31. The molecule has 2 N–H and O–H groups in total. The van der Waals surface area contributed by atoms with E-state index in [1.165, 1.54) is 11.8 Å². The molecular formula is C18H19ClN4O3S2. The van der Waals surface area contributed by atoms with Gasteiger partial charge >= 0.3 is 0 Å². The molecule has 1 aromatic heterocycles. The Bertz CT molecular complexity index is 1050. The smallest absolute Gasteiger partial charge is 0.209 e. The first-order valence-electron chi connectivity index (χ1n) is 8.36. The third kappa shape index (κ3) is 5.26. The zero-order valence-corrected chi connectivity index (χ0v) is 17.5. The summed E-state index contributed by atoms with van der Waals surface area (Å²) in [5.41, 5.74) is 1.69. The fourth-order valence-electron chi connectivity index (χ4n) is 2.56. The highest BCUT2D eigenvalue weighted by Crippen LogP contribution is 2.30. The highest BCUT2D eigenvalue weighted by molar-refractivity contribution is 7.99. The number of nitrogens with zero attached hydrogens (tertiary/aromatic N) is 3. The van der Waals surface area contributed by atoms with E-state index in [0.29, 0.717) is 33.9 Å². The molecule has 0 saturated heterocycles. The van der Waals surface area contributed by atoms with Crippen LogP contribution in [0.1, 0.15) is 6.42 Å². The minimum Gasteiger partial charge on any atom is -0.497 e. The Kier molecular flexibility index (Phi) is 6.61. The van der Waals surface area contributed by atoms with E-state index in [1.807, 2.05) is 41.0 Å². The number of sulfonamides is 1. The van der Waals surface area contributed by atoms with Gasteiger partial charge in [0.25, 0.3) is 0 Å². The third-order valence-corrected chi connectivity index (χ3v) is 5.98. The summed E-state index contributed by atoms with van der Waals surface area (Å²) < 4.78 is 29.5. The fraction of sp³-hybridized carbons (Fsp3) is 0.222. The van der Waals surface area contributed by atoms with Crippen LogP contribution in [0.15, 0.2) is 53.7 Å². The molecule has 1 heterocycles. The Morgan fingerprint density at radius 2 is 1.93 bits per heavy atom. The molecule has 28 heavy (non-hydrogen) atoms. The Morgan fingerprint density at radius 1 is 1.18 bits per heavy atom. The lowest BCUT2D eigenvalue weighted by atomic mass is 10.2. The van der Waals surface area contributed by atoms with Crippen LogP contribution < -0.4 is 9.88 Å². The Balaban J connectivity index is 1.96. The molecule has 0 aliphatic rings. The van der Waals surface area contributed by atoms with Crippen LogP contribution in [-0.2, 0) is 10.0 Å². The molecule has 0 radical (unpaired) electrons. The average Bonchev–Trinajstić information content (AvgIpc) is 3.09. The molecule has 0 fully saturated rings. The number of ether oxygens (including phenoxy) is 1. The van der Waals surface area contributed by atoms with Gasteiger partial charge in [-0.3, -0.25) is 4.57 Å². The van der Waals surface area contributed by atoms with Crippen molar-refractivity contribution in [3.8, 4) is 22.8 Å². The summed E-state index contributed by atoms with van der Waals surface area (Å²) in [6.45, 7) is 0. The molecular weight excluding hydrogens is 420 g/mol. The first-order chi connectivity index (χ1) is 13.4. The van der Waals surface area contributed by atoms with Crippen molar-refractivity contribution >= 4 is 33.4 Å². The largest absolute Gasteiger partial charge is 0.497 e. The first kappa shape index (κ1) is 20.7. The molecule has 0 bridgehead atoms. The maximum absolute atomic E-state index is 11.1. The van der Waals surface area contributed by atoms with Crippen molar-refractivity contribution in [3.63, 3.8) is 0 Å². The molecule has 2 aromatic carbocycles. The van der Waals surface area contributed by atoms with Crippen molar-refractivity contribution in [1.29, 1.82) is 0 Å². The summed E-state index contributed by atoms with van der Waals surface area (Å²) in [4.78, 5) is 0. The van der Waals surface area contributed by atoms with Gasteiger partial charge in [-0.1, -0.05) is 35.5 Å². The number of hydrogen-bond donors (Lipinski definition) is 1. The zero-order valence-electron chi connectivity index (χ0n) is 15.1. The molecule has 0 atom stereocenters. The molecule has 3 rings (SSSR count). The Hall–Kier alpha value is -2.07. The molecule has 0 aliphatic heterocycles. The molecule has 3 aromatic rings. The molecule has 0 saturated carbocycles. The monoisotopic (exact) mass is 438 g/mol. The van der Waals surface area contributed by atoms with Gasteiger partial charge in [-0.2, -0.15) is 0 Å². The molecule has 0 aliphatic carbocycles. The Labute approximate surface area is 172 Å². The van der Waals surface area contributed by atoms with Gasteiger partial charge in [0.05, 0.1) is 12.9 Å². The molecule has 7 nitrogen and oxygen atoms in total. The van der Waals surface area contributed by atoms with Crippen molar-refractivity contribution in [2.24, 2.45) is 5.14 Å². The maximum Gasteiger partial charge on any atom is 0.209 e. The number of hydrogen-bond acceptors (Lipinski definition) is 6. The van der Waals surface area contributed by atoms with Gasteiger partial charge in [-0.05, 0) is 42.8 Å². The van der Waals surface area contributed by atoms with Crippen LogP contribution in [0.25, 0.3) is 17.1 Å². The number of aromatic nitrogens is 3. The number of nitrogens with two attached hydrogens (primary N) is 1. The second-order valence-electron chi connectivity index (χ2n) is 5.92. The van der Waals surface area contributed by atoms with Crippen molar-refractivity contribution in [2.75, 3.05) is 18.6 Å². The van der Waals surface area contributed by atoms with E-state index in [0.717, 1.165) is 11.3 Å². The zero-order chi connectivity index (χ0) is 20.1. The van der Waals surface area contributed by atoms with E-state index in [4.69, 9.17) is 21.5 Å². The average molecular weight is 439 g/mol. The second-order valence-corrected chi connectivity index (χ2v) is 9.15. The van der Waals surface area contributed by atoms with Crippen LogP contribution in [0.4, 0.5) is 0 Å². The van der Waals surface area contributed by atoms with Gasteiger partial charge in [0, 0.05) is 22.0 Å². The molecule has 148 valence electrons. The standard InChI is InChI=1S/C18H19ClN4O3S2/c1-26-16-5-2-4-13(12-16)17-21-22-18(27-10-3-11-28(20,24)25)23(17)15-8-6-14(19)7-9-15/h2,4-9,12H,3,10-11H2,1H3,(H2,20,24,25). The first-order valence-corrected chi connectivity index (χ1v) is 11.4. The second kappa shape index (κ2) is 8.95. The van der Waals surface area contributed by atoms with Crippen LogP contribution in [0.5, 0.6) is 5.75 Å². The quantitative estimate of drug-likeness (QED) is 0.427. The van der Waals surface area contributed by atoms with Gasteiger partial charge in [-0.25, -0.2) is 13.6 Å². The summed E-state index contributed by atoms with van der Waals surface area (Å²) in [6.07, 6.45) is 0.422. The van der Waals surface area contributed by atoms with Crippen LogP contribution in [0, 0.1) is 0 Å². The van der Waals surface area contributed by atoms with E-state index in [-0.39, 0.29) is 5.75 Å². The van der Waals surface area contributed by atoms with Gasteiger partial charge < -0.3 is 4.74 Å². The maximum atomic E-state index is 11.1. The van der Waals surface area contributed by atoms with E-state index in [9.17, 15) is 8.42 Å². The number of methoxy groups -OCH3 is 1. The van der Waals surface area contributed by atoms with Crippen molar-refractivity contribution in [1.82, 2.24) is 14.8 Å². The minimum atomic E-state index is -3.48. The van der Waals surface area contributed by atoms with Crippen LogP contribution in [0.2, 0.25) is 5.02 Å². The van der Waals surface area contributed by atoms with Crippen LogP contribution in [0.3, 0.4) is 0 Å². The number of benzene rings is 2. The Morgan fingerprint density at radius 3 is 2.61 bits per heavy atom. The number of primary sulfonamides is 1. The number of thioether (sulfide) groups is 1. The lowest BCUT2D eigenvalue weighted by Crippen LogP contribution is -2.16. The lowest BCUT2D eigenvalue weighted by Gasteiger charge is -2.11. The van der Waals surface area contributed by atoms with Gasteiger partial charge in [0.15, 0.2) is 11.0 Å². The molecule has 0 spiro atoms. The SMILES string of the molecule is COc1cccc(-c2nnc(SCCCS(N)(=O)=O)n2-c2ccc(Cl)cc2)c1. The molecule has 0 unspecified atom stereocenters. The molecule has 10 heteroatoms. The van der Waals surface area contributed by atoms with Gasteiger partial charge in [0.1, 0.15) is 5.75 Å². The topological polar surface area (TPSA) is 100 Å². The molecule has 0 amide bonds. The highest BCUT2D eigenvalue weighted by atomic mass is 35.5. The van der Waals surface area contributed by atoms with E-state index in [2.05, 4.69) is 10.2 Å². The summed E-state index contributed by atoms with van der Waals surface area (Å²) in [5, 5.41) is 15.0. The third-order valence-electron chi connectivity index (χ3n) is 3.85. The van der Waals surface area contributed by atoms with Gasteiger partial charge in [-0.15, -0.1) is 10.2 Å². The summed E-state index contributed by atoms with van der Waals surface area (Å²) >= 11 is 7.44. The predicted octanol–water partition coefficient (Wildman–Crippen LogP) is 3.37. The van der Waals surface area contributed by atoms with E-state index >= 15 is 0 Å². The summed E-state index contributed by atoms with van der Waals surface area (Å²) in [6, 6.07) is 14.9. The predicted molar refractivity (Wildman–Crippen MR) is 112 cm³/mol. The normalized spacial score (nSPS) is 11.5. The summed E-state index contributed by atoms with van der Waals surface area (Å²) in [5.74, 6) is 1.83. The highest BCUT2D eigenvalue weighted by Gasteiger charge is 2.17. The lowest BCUT2D eigenvalue weighted by molar-refractivity contribution is 0.415. The van der Waals surface area contributed by atoms with Crippen molar-refractivity contribution < 1.29 is 13.2 Å². The minimum absolute atomic E-state index is 0.0716.